The van der Waals surface area contributed by atoms with Crippen molar-refractivity contribution in [3.63, 3.8) is 0 Å². The van der Waals surface area contributed by atoms with Crippen molar-refractivity contribution in [2.75, 3.05) is 5.75 Å². The minimum Gasteiger partial charge on any atom is -0.353 e. The molecule has 1 aromatic carbocycles. The van der Waals surface area contributed by atoms with Crippen LogP contribution in [0, 0.1) is 0 Å². The van der Waals surface area contributed by atoms with Gasteiger partial charge in [-0.05, 0) is 37.1 Å². The molecule has 1 amide bonds. The average Bonchev–Trinajstić information content (AvgIpc) is 2.95. The molecule has 0 atom stereocenters. The third-order valence-electron chi connectivity index (χ3n) is 4.24. The fourth-order valence-electron chi connectivity index (χ4n) is 2.94. The van der Waals surface area contributed by atoms with E-state index in [1.165, 1.54) is 31.0 Å². The normalized spacial score (nSPS) is 15.4. The minimum absolute atomic E-state index is 0.0722. The van der Waals surface area contributed by atoms with Gasteiger partial charge < -0.3 is 9.88 Å². The van der Waals surface area contributed by atoms with Gasteiger partial charge in [0.1, 0.15) is 0 Å². The van der Waals surface area contributed by atoms with Crippen LogP contribution in [-0.4, -0.2) is 32.5 Å². The van der Waals surface area contributed by atoms with Crippen molar-refractivity contribution in [2.45, 2.75) is 43.3 Å². The number of aromatic nitrogens is 3. The Morgan fingerprint density at radius 2 is 1.96 bits per heavy atom. The second kappa shape index (κ2) is 8.03. The van der Waals surface area contributed by atoms with Crippen LogP contribution in [0.5, 0.6) is 0 Å². The summed E-state index contributed by atoms with van der Waals surface area (Å²) in [7, 11) is 1.91. The molecular formula is C17H21ClN4OS. The average molecular weight is 365 g/mol. The minimum atomic E-state index is 0.0722. The Hall–Kier alpha value is -1.53. The Morgan fingerprint density at radius 1 is 1.25 bits per heavy atom. The van der Waals surface area contributed by atoms with Gasteiger partial charge in [0, 0.05) is 23.7 Å². The number of rotatable bonds is 5. The molecule has 1 N–H and O–H groups in total. The molecule has 1 aliphatic carbocycles. The third-order valence-corrected chi connectivity index (χ3v) is 5.51. The first-order valence-electron chi connectivity index (χ1n) is 8.21. The maximum atomic E-state index is 12.1. The fraction of sp³-hybridized carbons (Fsp3) is 0.471. The number of nitrogens with one attached hydrogen (secondary N) is 1. The van der Waals surface area contributed by atoms with Gasteiger partial charge >= 0.3 is 0 Å². The van der Waals surface area contributed by atoms with Crippen LogP contribution in [0.3, 0.4) is 0 Å². The van der Waals surface area contributed by atoms with Crippen LogP contribution in [0.2, 0.25) is 5.02 Å². The van der Waals surface area contributed by atoms with Gasteiger partial charge in [0.05, 0.1) is 5.75 Å². The van der Waals surface area contributed by atoms with Crippen molar-refractivity contribution in [3.8, 4) is 11.4 Å². The molecule has 24 heavy (non-hydrogen) atoms. The van der Waals surface area contributed by atoms with Gasteiger partial charge in [-0.2, -0.15) is 0 Å². The smallest absolute Gasteiger partial charge is 0.230 e. The van der Waals surface area contributed by atoms with Crippen molar-refractivity contribution >= 4 is 29.3 Å². The first-order chi connectivity index (χ1) is 11.6. The van der Waals surface area contributed by atoms with E-state index < -0.39 is 0 Å². The lowest BCUT2D eigenvalue weighted by Gasteiger charge is -2.22. The zero-order chi connectivity index (χ0) is 16.9. The van der Waals surface area contributed by atoms with Crippen LogP contribution in [0.1, 0.15) is 32.1 Å². The molecule has 0 unspecified atom stereocenters. The van der Waals surface area contributed by atoms with Crippen LogP contribution in [-0.2, 0) is 11.8 Å². The van der Waals surface area contributed by atoms with Gasteiger partial charge in [0.25, 0.3) is 0 Å². The number of thioether (sulfide) groups is 1. The van der Waals surface area contributed by atoms with E-state index in [2.05, 4.69) is 15.5 Å². The zero-order valence-corrected chi connectivity index (χ0v) is 15.2. The fourth-order valence-corrected chi connectivity index (χ4v) is 3.79. The van der Waals surface area contributed by atoms with Crippen molar-refractivity contribution in [2.24, 2.45) is 7.05 Å². The van der Waals surface area contributed by atoms with Gasteiger partial charge in [0.2, 0.25) is 5.91 Å². The van der Waals surface area contributed by atoms with Crippen LogP contribution in [0.15, 0.2) is 29.4 Å². The van der Waals surface area contributed by atoms with E-state index >= 15 is 0 Å². The van der Waals surface area contributed by atoms with E-state index in [0.29, 0.717) is 16.8 Å². The Balaban J connectivity index is 1.57. The van der Waals surface area contributed by atoms with Crippen LogP contribution >= 0.6 is 23.4 Å². The third kappa shape index (κ3) is 4.30. The number of hydrogen-bond donors (Lipinski definition) is 1. The maximum absolute atomic E-state index is 12.1. The lowest BCUT2D eigenvalue weighted by molar-refractivity contribution is -0.119. The highest BCUT2D eigenvalue weighted by molar-refractivity contribution is 7.99. The van der Waals surface area contributed by atoms with Gasteiger partial charge in [-0.15, -0.1) is 10.2 Å². The van der Waals surface area contributed by atoms with E-state index in [1.807, 2.05) is 35.9 Å². The molecule has 1 saturated carbocycles. The summed E-state index contributed by atoms with van der Waals surface area (Å²) >= 11 is 7.33. The van der Waals surface area contributed by atoms with Crippen LogP contribution in [0.4, 0.5) is 0 Å². The SMILES string of the molecule is Cn1c(SCC(=O)NC2CCCCC2)nnc1-c1ccc(Cl)cc1. The van der Waals surface area contributed by atoms with E-state index in [0.717, 1.165) is 29.4 Å². The molecule has 3 rings (SSSR count). The van der Waals surface area contributed by atoms with E-state index in [-0.39, 0.29) is 5.91 Å². The highest BCUT2D eigenvalue weighted by atomic mass is 35.5. The molecule has 0 spiro atoms. The number of carbonyl (C=O) groups is 1. The van der Waals surface area contributed by atoms with Gasteiger partial charge in [-0.1, -0.05) is 42.6 Å². The topological polar surface area (TPSA) is 59.8 Å². The lowest BCUT2D eigenvalue weighted by atomic mass is 9.95. The summed E-state index contributed by atoms with van der Waals surface area (Å²) in [4.78, 5) is 12.1. The van der Waals surface area contributed by atoms with Crippen molar-refractivity contribution in [1.29, 1.82) is 0 Å². The number of halogens is 1. The molecule has 1 heterocycles. The standard InChI is InChI=1S/C17H21ClN4OS/c1-22-16(12-7-9-13(18)10-8-12)20-21-17(22)24-11-15(23)19-14-5-3-2-4-6-14/h7-10,14H,2-6,11H2,1H3,(H,19,23). The van der Waals surface area contributed by atoms with E-state index in [4.69, 9.17) is 11.6 Å². The monoisotopic (exact) mass is 364 g/mol. The van der Waals surface area contributed by atoms with Gasteiger partial charge in [-0.3, -0.25) is 4.79 Å². The summed E-state index contributed by atoms with van der Waals surface area (Å²) in [6, 6.07) is 7.83. The molecule has 0 radical (unpaired) electrons. The number of nitrogens with zero attached hydrogens (tertiary/aromatic N) is 3. The summed E-state index contributed by atoms with van der Waals surface area (Å²) in [5, 5.41) is 13.0. The maximum Gasteiger partial charge on any atom is 0.230 e. The van der Waals surface area contributed by atoms with E-state index in [1.54, 1.807) is 0 Å². The number of amides is 1. The zero-order valence-electron chi connectivity index (χ0n) is 13.7. The molecule has 0 aliphatic heterocycles. The summed E-state index contributed by atoms with van der Waals surface area (Å²) in [6.07, 6.45) is 5.91. The van der Waals surface area contributed by atoms with E-state index in [9.17, 15) is 4.79 Å². The van der Waals surface area contributed by atoms with Crippen LogP contribution in [0.25, 0.3) is 11.4 Å². The lowest BCUT2D eigenvalue weighted by Crippen LogP contribution is -2.37. The molecule has 128 valence electrons. The number of carbonyl (C=O) groups excluding carboxylic acids is 1. The first kappa shape index (κ1) is 17.3. The predicted octanol–water partition coefficient (Wildman–Crippen LogP) is 3.68. The molecule has 5 nitrogen and oxygen atoms in total. The second-order valence-corrected chi connectivity index (χ2v) is 7.44. The number of benzene rings is 1. The highest BCUT2D eigenvalue weighted by Crippen LogP contribution is 2.24. The highest BCUT2D eigenvalue weighted by Gasteiger charge is 2.17. The van der Waals surface area contributed by atoms with Crippen molar-refractivity contribution in [3.05, 3.63) is 29.3 Å². The van der Waals surface area contributed by atoms with Crippen molar-refractivity contribution in [1.82, 2.24) is 20.1 Å². The first-order valence-corrected chi connectivity index (χ1v) is 9.57. The number of hydrogen-bond acceptors (Lipinski definition) is 4. The summed E-state index contributed by atoms with van der Waals surface area (Å²) in [6.45, 7) is 0. The van der Waals surface area contributed by atoms with Crippen LogP contribution < -0.4 is 5.32 Å². The Bertz CT molecular complexity index is 695. The molecule has 0 saturated heterocycles. The summed E-state index contributed by atoms with van der Waals surface area (Å²) in [5.74, 6) is 1.20. The molecule has 1 aliphatic rings. The molecule has 1 fully saturated rings. The molecule has 0 bridgehead atoms. The molecule has 1 aromatic heterocycles. The summed E-state index contributed by atoms with van der Waals surface area (Å²) in [5.41, 5.74) is 0.952. The molecule has 7 heteroatoms. The van der Waals surface area contributed by atoms with Gasteiger partial charge in [0.15, 0.2) is 11.0 Å². The summed E-state index contributed by atoms with van der Waals surface area (Å²) < 4.78 is 1.90. The Labute approximate surface area is 151 Å². The molecule has 2 aromatic rings. The second-order valence-electron chi connectivity index (χ2n) is 6.06. The quantitative estimate of drug-likeness (QED) is 0.822. The predicted molar refractivity (Wildman–Crippen MR) is 97.2 cm³/mol. The van der Waals surface area contributed by atoms with Gasteiger partial charge in [-0.25, -0.2) is 0 Å². The Morgan fingerprint density at radius 3 is 2.67 bits per heavy atom. The Kier molecular flexibility index (Phi) is 5.79. The molecular weight excluding hydrogens is 344 g/mol. The van der Waals surface area contributed by atoms with Crippen molar-refractivity contribution < 1.29 is 4.79 Å². The largest absolute Gasteiger partial charge is 0.353 e.